The number of hydrogen-bond acceptors (Lipinski definition) is 3. The van der Waals surface area contributed by atoms with Crippen molar-refractivity contribution in [1.29, 1.82) is 0 Å². The molecule has 2 aromatic carbocycles. The molecule has 0 fully saturated rings. The zero-order valence-electron chi connectivity index (χ0n) is 15.6. The third-order valence-electron chi connectivity index (χ3n) is 4.54. The second kappa shape index (κ2) is 7.99. The smallest absolute Gasteiger partial charge is 0.222 e. The molecule has 0 saturated heterocycles. The summed E-state index contributed by atoms with van der Waals surface area (Å²) in [7, 11) is 0. The van der Waals surface area contributed by atoms with Crippen molar-refractivity contribution < 1.29 is 9.59 Å². The molecule has 0 spiro atoms. The van der Waals surface area contributed by atoms with E-state index in [-0.39, 0.29) is 5.91 Å². The van der Waals surface area contributed by atoms with E-state index in [1.807, 2.05) is 32.0 Å². The molecule has 0 unspecified atom stereocenters. The van der Waals surface area contributed by atoms with Gasteiger partial charge in [-0.1, -0.05) is 54.6 Å². The third-order valence-corrected chi connectivity index (χ3v) is 4.54. The van der Waals surface area contributed by atoms with Gasteiger partial charge in [0.1, 0.15) is 5.69 Å². The van der Waals surface area contributed by atoms with E-state index < -0.39 is 5.54 Å². The van der Waals surface area contributed by atoms with Crippen molar-refractivity contribution in [3.05, 3.63) is 78.4 Å². The maximum absolute atomic E-state index is 12.4. The number of aromatic nitrogens is 2. The van der Waals surface area contributed by atoms with Crippen molar-refractivity contribution in [2.45, 2.75) is 32.4 Å². The predicted molar refractivity (Wildman–Crippen MR) is 105 cm³/mol. The molecule has 1 N–H and O–H groups in total. The number of imidazole rings is 1. The number of amides is 1. The Morgan fingerprint density at radius 3 is 2.37 bits per heavy atom. The highest BCUT2D eigenvalue weighted by Crippen LogP contribution is 2.25. The second-order valence-electron chi connectivity index (χ2n) is 7.02. The molecule has 3 rings (SSSR count). The molecule has 1 amide bonds. The van der Waals surface area contributed by atoms with E-state index in [1.165, 1.54) is 5.56 Å². The van der Waals surface area contributed by atoms with Gasteiger partial charge in [-0.25, -0.2) is 4.98 Å². The maximum Gasteiger partial charge on any atom is 0.222 e. The van der Waals surface area contributed by atoms with Crippen LogP contribution in [-0.4, -0.2) is 21.7 Å². The van der Waals surface area contributed by atoms with Gasteiger partial charge in [0, 0.05) is 19.2 Å². The Balaban J connectivity index is 1.61. The van der Waals surface area contributed by atoms with Crippen LogP contribution in [0.4, 0.5) is 0 Å². The van der Waals surface area contributed by atoms with Gasteiger partial charge in [0.15, 0.2) is 6.29 Å². The largest absolute Gasteiger partial charge is 0.347 e. The minimum atomic E-state index is -0.477. The normalized spacial score (nSPS) is 11.2. The van der Waals surface area contributed by atoms with Crippen molar-refractivity contribution in [3.8, 4) is 11.1 Å². The summed E-state index contributed by atoms with van der Waals surface area (Å²) in [6.45, 7) is 4.46. The Kier molecular flexibility index (Phi) is 5.50. The zero-order valence-corrected chi connectivity index (χ0v) is 15.6. The number of rotatable bonds is 7. The van der Waals surface area contributed by atoms with E-state index in [9.17, 15) is 9.59 Å². The molecule has 0 aliphatic carbocycles. The molecule has 0 atom stereocenters. The minimum Gasteiger partial charge on any atom is -0.347 e. The lowest BCUT2D eigenvalue weighted by Gasteiger charge is -2.27. The van der Waals surface area contributed by atoms with Crippen molar-refractivity contribution in [1.82, 2.24) is 14.9 Å². The predicted octanol–water partition coefficient (Wildman–Crippen LogP) is 3.80. The molecule has 27 heavy (non-hydrogen) atoms. The van der Waals surface area contributed by atoms with E-state index in [1.54, 1.807) is 17.1 Å². The number of aldehydes is 1. The number of benzene rings is 2. The Morgan fingerprint density at radius 2 is 1.74 bits per heavy atom. The Labute approximate surface area is 159 Å². The molecule has 5 nitrogen and oxygen atoms in total. The first kappa shape index (κ1) is 18.6. The molecule has 138 valence electrons. The molecule has 1 aromatic heterocycles. The highest BCUT2D eigenvalue weighted by molar-refractivity contribution is 5.77. The van der Waals surface area contributed by atoms with E-state index in [2.05, 4.69) is 46.7 Å². The van der Waals surface area contributed by atoms with Crippen molar-refractivity contribution >= 4 is 12.2 Å². The number of carbonyl (C=O) groups excluding carboxylic acids is 2. The number of carbonyl (C=O) groups is 2. The summed E-state index contributed by atoms with van der Waals surface area (Å²) in [4.78, 5) is 26.9. The van der Waals surface area contributed by atoms with Gasteiger partial charge in [0.05, 0.1) is 11.9 Å². The average Bonchev–Trinajstić information content (AvgIpc) is 3.15. The molecule has 0 bridgehead atoms. The second-order valence-corrected chi connectivity index (χ2v) is 7.02. The Morgan fingerprint density at radius 1 is 1.07 bits per heavy atom. The third kappa shape index (κ3) is 4.70. The van der Waals surface area contributed by atoms with Crippen molar-refractivity contribution in [3.63, 3.8) is 0 Å². The summed E-state index contributed by atoms with van der Waals surface area (Å²) in [5.41, 5.74) is 3.25. The highest BCUT2D eigenvalue weighted by Gasteiger charge is 2.22. The van der Waals surface area contributed by atoms with Crippen LogP contribution < -0.4 is 5.32 Å². The van der Waals surface area contributed by atoms with E-state index in [0.29, 0.717) is 24.9 Å². The van der Waals surface area contributed by atoms with Gasteiger partial charge in [0.25, 0.3) is 0 Å². The van der Waals surface area contributed by atoms with Gasteiger partial charge in [-0.3, -0.25) is 9.59 Å². The monoisotopic (exact) mass is 361 g/mol. The fourth-order valence-electron chi connectivity index (χ4n) is 2.98. The van der Waals surface area contributed by atoms with Gasteiger partial charge in [-0.2, -0.15) is 0 Å². The van der Waals surface area contributed by atoms with Crippen LogP contribution in [0, 0.1) is 0 Å². The molecule has 0 aliphatic heterocycles. The quantitative estimate of drug-likeness (QED) is 0.651. The first-order valence-corrected chi connectivity index (χ1v) is 8.92. The van der Waals surface area contributed by atoms with Crippen LogP contribution in [0.2, 0.25) is 0 Å². The summed E-state index contributed by atoms with van der Waals surface area (Å²) < 4.78 is 1.74. The summed E-state index contributed by atoms with van der Waals surface area (Å²) >= 11 is 0. The Hall–Kier alpha value is -3.21. The van der Waals surface area contributed by atoms with Gasteiger partial charge < -0.3 is 9.88 Å². The summed E-state index contributed by atoms with van der Waals surface area (Å²) in [5, 5.41) is 3.08. The number of aryl methyl sites for hydroxylation is 1. The number of hydrogen-bond donors (Lipinski definition) is 1. The van der Waals surface area contributed by atoms with E-state index in [0.717, 1.165) is 11.1 Å². The van der Waals surface area contributed by atoms with Gasteiger partial charge in [-0.05, 0) is 30.5 Å². The van der Waals surface area contributed by atoms with Crippen LogP contribution in [0.15, 0.2) is 67.1 Å². The van der Waals surface area contributed by atoms with E-state index >= 15 is 0 Å². The van der Waals surface area contributed by atoms with Crippen LogP contribution in [0.25, 0.3) is 11.1 Å². The van der Waals surface area contributed by atoms with Crippen LogP contribution in [0.5, 0.6) is 0 Å². The minimum absolute atomic E-state index is 0.0477. The van der Waals surface area contributed by atoms with Gasteiger partial charge in [-0.15, -0.1) is 0 Å². The Bertz CT molecular complexity index is 912. The van der Waals surface area contributed by atoms with Gasteiger partial charge in [0.2, 0.25) is 5.91 Å². The maximum atomic E-state index is 12.4. The lowest BCUT2D eigenvalue weighted by atomic mass is 9.92. The summed E-state index contributed by atoms with van der Waals surface area (Å²) in [5.74, 6) is -0.0477. The first-order valence-electron chi connectivity index (χ1n) is 8.92. The first-order chi connectivity index (χ1) is 13.0. The van der Waals surface area contributed by atoms with Crippen LogP contribution >= 0.6 is 0 Å². The van der Waals surface area contributed by atoms with E-state index in [4.69, 9.17) is 0 Å². The van der Waals surface area contributed by atoms with Crippen LogP contribution in [0.3, 0.4) is 0 Å². The highest BCUT2D eigenvalue weighted by atomic mass is 16.1. The lowest BCUT2D eigenvalue weighted by molar-refractivity contribution is -0.123. The molecule has 3 aromatic rings. The summed E-state index contributed by atoms with van der Waals surface area (Å²) in [6, 6.07) is 18.4. The average molecular weight is 361 g/mol. The topological polar surface area (TPSA) is 64.0 Å². The van der Waals surface area contributed by atoms with Crippen molar-refractivity contribution in [2.75, 3.05) is 0 Å². The van der Waals surface area contributed by atoms with Crippen LogP contribution in [0.1, 0.15) is 36.3 Å². The SMILES string of the molecule is CC(C)(NC(=O)CCn1cnc(C=O)c1)c1ccc(-c2ccccc2)cc1. The van der Waals surface area contributed by atoms with Crippen LogP contribution in [-0.2, 0) is 16.9 Å². The fourth-order valence-corrected chi connectivity index (χ4v) is 2.98. The molecule has 1 heterocycles. The lowest BCUT2D eigenvalue weighted by Crippen LogP contribution is -2.41. The standard InChI is InChI=1S/C22H23N3O2/c1-22(2,24-21(27)12-13-25-14-20(15-26)23-16-25)19-10-8-18(9-11-19)17-6-4-3-5-7-17/h3-11,14-16H,12-13H2,1-2H3,(H,24,27). The molecule has 0 aliphatic rings. The number of nitrogens with zero attached hydrogens (tertiary/aromatic N) is 2. The number of nitrogens with one attached hydrogen (secondary N) is 1. The zero-order chi connectivity index (χ0) is 19.3. The summed E-state index contributed by atoms with van der Waals surface area (Å²) in [6.07, 6.45) is 4.21. The fraction of sp³-hybridized carbons (Fsp3) is 0.227. The molecular weight excluding hydrogens is 338 g/mol. The molecule has 0 radical (unpaired) electrons. The van der Waals surface area contributed by atoms with Crippen molar-refractivity contribution in [2.24, 2.45) is 0 Å². The molecule has 5 heteroatoms. The van der Waals surface area contributed by atoms with Gasteiger partial charge >= 0.3 is 0 Å². The molecule has 0 saturated carbocycles. The molecular formula is C22H23N3O2.